The van der Waals surface area contributed by atoms with Crippen LogP contribution in [0.3, 0.4) is 0 Å². The summed E-state index contributed by atoms with van der Waals surface area (Å²) >= 11 is 0. The third-order valence-corrected chi connectivity index (χ3v) is 4.62. The predicted molar refractivity (Wildman–Crippen MR) is 110 cm³/mol. The van der Waals surface area contributed by atoms with Crippen LogP contribution in [0.4, 0.5) is 0 Å². The Labute approximate surface area is 166 Å². The highest BCUT2D eigenvalue weighted by Gasteiger charge is 2.20. The largest absolute Gasteiger partial charge is 0.497 e. The topological polar surface area (TPSA) is 56.8 Å². The molecule has 0 saturated heterocycles. The maximum atomic E-state index is 12.5. The van der Waals surface area contributed by atoms with Crippen molar-refractivity contribution in [2.24, 2.45) is 5.92 Å². The first-order chi connectivity index (χ1) is 13.6. The molecule has 1 N–H and O–H groups in total. The number of hydrogen-bond acceptors (Lipinski definition) is 4. The van der Waals surface area contributed by atoms with Gasteiger partial charge in [-0.05, 0) is 47.4 Å². The Bertz CT molecular complexity index is 844. The molecule has 2 aromatic carbocycles. The fraction of sp³-hybridized carbons (Fsp3) is 0.348. The lowest BCUT2D eigenvalue weighted by atomic mass is 9.95. The number of ether oxygens (including phenoxy) is 3. The van der Waals surface area contributed by atoms with Gasteiger partial charge in [0.1, 0.15) is 5.75 Å². The number of fused-ring (bicyclic) bond motifs is 1. The summed E-state index contributed by atoms with van der Waals surface area (Å²) in [7, 11) is 1.62. The molecule has 1 heterocycles. The van der Waals surface area contributed by atoms with Crippen LogP contribution in [0.1, 0.15) is 37.4 Å². The van der Waals surface area contributed by atoms with Crippen LogP contribution in [0.15, 0.2) is 48.5 Å². The van der Waals surface area contributed by atoms with E-state index in [9.17, 15) is 4.79 Å². The maximum absolute atomic E-state index is 12.5. The smallest absolute Gasteiger partial charge is 0.244 e. The lowest BCUT2D eigenvalue weighted by Gasteiger charge is -2.23. The molecule has 3 rings (SSSR count). The van der Waals surface area contributed by atoms with E-state index in [-0.39, 0.29) is 17.9 Å². The van der Waals surface area contributed by atoms with Crippen LogP contribution < -0.4 is 19.5 Å². The SMILES string of the molecule is COc1cccc(/C=C/C(=O)N[C@H](c2ccc3c(c2)OCCCO3)C(C)C)c1. The van der Waals surface area contributed by atoms with Gasteiger partial charge in [-0.3, -0.25) is 4.79 Å². The molecule has 0 unspecified atom stereocenters. The van der Waals surface area contributed by atoms with E-state index in [0.717, 1.165) is 34.8 Å². The van der Waals surface area contributed by atoms with E-state index in [1.807, 2.05) is 42.5 Å². The fourth-order valence-electron chi connectivity index (χ4n) is 3.13. The second-order valence-electron chi connectivity index (χ2n) is 7.10. The Kier molecular flexibility index (Phi) is 6.58. The summed E-state index contributed by atoms with van der Waals surface area (Å²) in [6, 6.07) is 13.3. The van der Waals surface area contributed by atoms with E-state index in [4.69, 9.17) is 14.2 Å². The van der Waals surface area contributed by atoms with Gasteiger partial charge in [-0.25, -0.2) is 0 Å². The lowest BCUT2D eigenvalue weighted by Crippen LogP contribution is -2.30. The molecular weight excluding hydrogens is 354 g/mol. The van der Waals surface area contributed by atoms with Gasteiger partial charge in [0.05, 0.1) is 26.4 Å². The second-order valence-corrected chi connectivity index (χ2v) is 7.10. The highest BCUT2D eigenvalue weighted by Crippen LogP contribution is 2.34. The van der Waals surface area contributed by atoms with E-state index < -0.39 is 0 Å². The number of nitrogens with one attached hydrogen (secondary N) is 1. The number of rotatable bonds is 6. The Hall–Kier alpha value is -2.95. The molecule has 1 amide bonds. The zero-order valence-electron chi connectivity index (χ0n) is 16.6. The van der Waals surface area contributed by atoms with E-state index >= 15 is 0 Å². The standard InChI is InChI=1S/C23H27NO4/c1-16(2)23(18-9-10-20-21(15-18)28-13-5-12-27-20)24-22(25)11-8-17-6-4-7-19(14-17)26-3/h4,6-11,14-16,23H,5,12-13H2,1-3H3,(H,24,25)/b11-8+/t23-/m0/s1. The Morgan fingerprint density at radius 3 is 2.64 bits per heavy atom. The van der Waals surface area contributed by atoms with Crippen LogP contribution >= 0.6 is 0 Å². The van der Waals surface area contributed by atoms with Crippen molar-refractivity contribution in [3.05, 3.63) is 59.7 Å². The maximum Gasteiger partial charge on any atom is 0.244 e. The number of hydrogen-bond donors (Lipinski definition) is 1. The van der Waals surface area contributed by atoms with Crippen LogP contribution in [0.2, 0.25) is 0 Å². The molecule has 1 aliphatic heterocycles. The highest BCUT2D eigenvalue weighted by atomic mass is 16.5. The van der Waals surface area contributed by atoms with Gasteiger partial charge in [0.25, 0.3) is 0 Å². The number of benzene rings is 2. The molecule has 2 aromatic rings. The molecule has 28 heavy (non-hydrogen) atoms. The summed E-state index contributed by atoms with van der Waals surface area (Å²) in [5.41, 5.74) is 1.91. The van der Waals surface area contributed by atoms with Crippen molar-refractivity contribution in [1.82, 2.24) is 5.32 Å². The van der Waals surface area contributed by atoms with E-state index in [2.05, 4.69) is 19.2 Å². The van der Waals surface area contributed by atoms with Crippen molar-refractivity contribution in [1.29, 1.82) is 0 Å². The number of carbonyl (C=O) groups excluding carboxylic acids is 1. The normalized spacial score (nSPS) is 14.6. The van der Waals surface area contributed by atoms with Gasteiger partial charge in [0.15, 0.2) is 11.5 Å². The Morgan fingerprint density at radius 1 is 1.11 bits per heavy atom. The minimum atomic E-state index is -0.145. The molecule has 1 atom stereocenters. The summed E-state index contributed by atoms with van der Waals surface area (Å²) in [5, 5.41) is 3.10. The predicted octanol–water partition coefficient (Wildman–Crippen LogP) is 4.38. The van der Waals surface area contributed by atoms with Crippen molar-refractivity contribution in [3.8, 4) is 17.2 Å². The molecule has 1 aliphatic rings. The minimum absolute atomic E-state index is 0.125. The first-order valence-electron chi connectivity index (χ1n) is 9.59. The van der Waals surface area contributed by atoms with Crippen LogP contribution in [0.25, 0.3) is 6.08 Å². The summed E-state index contributed by atoms with van der Waals surface area (Å²) < 4.78 is 16.7. The molecule has 5 heteroatoms. The zero-order valence-corrected chi connectivity index (χ0v) is 16.6. The Morgan fingerprint density at radius 2 is 1.89 bits per heavy atom. The van der Waals surface area contributed by atoms with Crippen molar-refractivity contribution in [2.45, 2.75) is 26.3 Å². The zero-order chi connectivity index (χ0) is 19.9. The van der Waals surface area contributed by atoms with Gasteiger partial charge in [0.2, 0.25) is 5.91 Å². The number of carbonyl (C=O) groups is 1. The van der Waals surface area contributed by atoms with Crippen LogP contribution in [0, 0.1) is 5.92 Å². The lowest BCUT2D eigenvalue weighted by molar-refractivity contribution is -0.117. The summed E-state index contributed by atoms with van der Waals surface area (Å²) in [6.45, 7) is 5.46. The molecule has 0 radical (unpaired) electrons. The average molecular weight is 381 g/mol. The van der Waals surface area contributed by atoms with Crippen molar-refractivity contribution in [3.63, 3.8) is 0 Å². The first-order valence-corrected chi connectivity index (χ1v) is 9.59. The quantitative estimate of drug-likeness (QED) is 0.755. The first kappa shape index (κ1) is 19.8. The van der Waals surface area contributed by atoms with Crippen LogP contribution in [-0.4, -0.2) is 26.2 Å². The van der Waals surface area contributed by atoms with Gasteiger partial charge in [-0.15, -0.1) is 0 Å². The Balaban J connectivity index is 1.73. The minimum Gasteiger partial charge on any atom is -0.497 e. The summed E-state index contributed by atoms with van der Waals surface area (Å²) in [5.74, 6) is 2.33. The monoisotopic (exact) mass is 381 g/mol. The number of methoxy groups -OCH3 is 1. The molecule has 0 spiro atoms. The molecule has 0 fully saturated rings. The van der Waals surface area contributed by atoms with Gasteiger partial charge < -0.3 is 19.5 Å². The van der Waals surface area contributed by atoms with E-state index in [1.165, 1.54) is 0 Å². The molecule has 0 bridgehead atoms. The molecular formula is C23H27NO4. The second kappa shape index (κ2) is 9.31. The van der Waals surface area contributed by atoms with Gasteiger partial charge >= 0.3 is 0 Å². The van der Waals surface area contributed by atoms with Crippen molar-refractivity contribution >= 4 is 12.0 Å². The van der Waals surface area contributed by atoms with Crippen LogP contribution in [-0.2, 0) is 4.79 Å². The third-order valence-electron chi connectivity index (χ3n) is 4.62. The molecule has 0 saturated carbocycles. The fourth-order valence-corrected chi connectivity index (χ4v) is 3.13. The summed E-state index contributed by atoms with van der Waals surface area (Å²) in [6.07, 6.45) is 4.19. The van der Waals surface area contributed by atoms with Crippen LogP contribution in [0.5, 0.6) is 17.2 Å². The summed E-state index contributed by atoms with van der Waals surface area (Å²) in [4.78, 5) is 12.5. The molecule has 0 aromatic heterocycles. The van der Waals surface area contributed by atoms with Gasteiger partial charge in [-0.2, -0.15) is 0 Å². The molecule has 148 valence electrons. The van der Waals surface area contributed by atoms with Gasteiger partial charge in [-0.1, -0.05) is 32.0 Å². The number of amides is 1. The molecule has 5 nitrogen and oxygen atoms in total. The van der Waals surface area contributed by atoms with Crippen molar-refractivity contribution in [2.75, 3.05) is 20.3 Å². The van der Waals surface area contributed by atoms with Gasteiger partial charge in [0, 0.05) is 12.5 Å². The third kappa shape index (κ3) is 5.06. The van der Waals surface area contributed by atoms with Crippen molar-refractivity contribution < 1.29 is 19.0 Å². The molecule has 0 aliphatic carbocycles. The average Bonchev–Trinajstić information content (AvgIpc) is 2.95. The van der Waals surface area contributed by atoms with E-state index in [0.29, 0.717) is 13.2 Å². The van der Waals surface area contributed by atoms with E-state index in [1.54, 1.807) is 19.3 Å². The highest BCUT2D eigenvalue weighted by molar-refractivity contribution is 5.92.